The molecule has 0 spiro atoms. The summed E-state index contributed by atoms with van der Waals surface area (Å²) in [6, 6.07) is 11.5. The highest BCUT2D eigenvalue weighted by atomic mass is 32.1. The number of fused-ring (bicyclic) bond motifs is 1. The first-order chi connectivity index (χ1) is 15.1. The molecule has 9 heteroatoms. The van der Waals surface area contributed by atoms with Gasteiger partial charge in [0.1, 0.15) is 18.0 Å². The van der Waals surface area contributed by atoms with Crippen molar-refractivity contribution < 1.29 is 9.53 Å². The van der Waals surface area contributed by atoms with Crippen LogP contribution in [-0.2, 0) is 13.2 Å². The van der Waals surface area contributed by atoms with Gasteiger partial charge in [0.05, 0.1) is 12.2 Å². The van der Waals surface area contributed by atoms with Gasteiger partial charge < -0.3 is 14.5 Å². The summed E-state index contributed by atoms with van der Waals surface area (Å²) in [6.07, 6.45) is 6.17. The highest BCUT2D eigenvalue weighted by Crippen LogP contribution is 2.35. The highest BCUT2D eigenvalue weighted by Gasteiger charge is 2.27. The lowest BCUT2D eigenvalue weighted by Crippen LogP contribution is -2.24. The molecule has 3 aromatic heterocycles. The summed E-state index contributed by atoms with van der Waals surface area (Å²) >= 11 is 5.29. The molecule has 4 aromatic rings. The van der Waals surface area contributed by atoms with Crippen molar-refractivity contribution in [3.63, 3.8) is 0 Å². The number of pyridine rings is 1. The van der Waals surface area contributed by atoms with Crippen LogP contribution in [0.2, 0.25) is 0 Å². The number of amides is 1. The van der Waals surface area contributed by atoms with Crippen LogP contribution in [0.5, 0.6) is 5.75 Å². The second-order valence-corrected chi connectivity index (χ2v) is 8.14. The van der Waals surface area contributed by atoms with Gasteiger partial charge in [-0.2, -0.15) is 5.10 Å². The summed E-state index contributed by atoms with van der Waals surface area (Å²) in [5, 5.41) is 9.97. The van der Waals surface area contributed by atoms with E-state index in [-0.39, 0.29) is 5.91 Å². The molecule has 1 aromatic carbocycles. The van der Waals surface area contributed by atoms with E-state index >= 15 is 0 Å². The molecule has 1 amide bonds. The van der Waals surface area contributed by atoms with Gasteiger partial charge in [-0.25, -0.2) is 4.98 Å². The van der Waals surface area contributed by atoms with Crippen LogP contribution in [0.15, 0.2) is 48.8 Å². The maximum Gasteiger partial charge on any atom is 0.251 e. The fourth-order valence-corrected chi connectivity index (χ4v) is 3.84. The number of imidazole rings is 1. The van der Waals surface area contributed by atoms with Crippen molar-refractivity contribution in [2.75, 3.05) is 0 Å². The standard InChI is InChI=1S/C22H22N6O2S/c1-14-5-8-19-24-16(12-27(19)11-14)13-30-18-4-2-3-15(9-18)21(29)23-10-20-25-26-22(31)28(20)17-6-7-17/h2-5,8-9,11-12,17H,6-7,10,13H2,1H3,(H,23,29)(H,26,31). The predicted molar refractivity (Wildman–Crippen MR) is 118 cm³/mol. The number of nitrogens with zero attached hydrogens (tertiary/aromatic N) is 4. The number of carbonyl (C=O) groups excluding carboxylic acids is 1. The minimum atomic E-state index is -0.190. The summed E-state index contributed by atoms with van der Waals surface area (Å²) in [4.78, 5) is 17.2. The molecule has 0 aliphatic heterocycles. The number of H-pyrrole nitrogens is 1. The Labute approximate surface area is 183 Å². The fourth-order valence-electron chi connectivity index (χ4n) is 3.54. The molecule has 1 saturated carbocycles. The molecule has 5 rings (SSSR count). The molecule has 2 N–H and O–H groups in total. The van der Waals surface area contributed by atoms with E-state index in [1.54, 1.807) is 18.2 Å². The smallest absolute Gasteiger partial charge is 0.251 e. The summed E-state index contributed by atoms with van der Waals surface area (Å²) in [5.74, 6) is 1.17. The van der Waals surface area contributed by atoms with Crippen molar-refractivity contribution in [1.82, 2.24) is 29.5 Å². The molecular formula is C22H22N6O2S. The van der Waals surface area contributed by atoms with E-state index in [4.69, 9.17) is 17.0 Å². The van der Waals surface area contributed by atoms with Crippen LogP contribution >= 0.6 is 12.2 Å². The van der Waals surface area contributed by atoms with Gasteiger partial charge in [0.25, 0.3) is 5.91 Å². The third kappa shape index (κ3) is 4.22. The Bertz CT molecular complexity index is 1320. The van der Waals surface area contributed by atoms with Crippen molar-refractivity contribution in [1.29, 1.82) is 0 Å². The lowest BCUT2D eigenvalue weighted by atomic mass is 10.2. The number of hydrogen-bond acceptors (Lipinski definition) is 5. The van der Waals surface area contributed by atoms with Crippen LogP contribution in [0.1, 0.15) is 46.3 Å². The predicted octanol–water partition coefficient (Wildman–Crippen LogP) is 3.74. The van der Waals surface area contributed by atoms with E-state index < -0.39 is 0 Å². The van der Waals surface area contributed by atoms with Gasteiger partial charge in [-0.1, -0.05) is 12.1 Å². The maximum atomic E-state index is 12.6. The number of aromatic nitrogens is 5. The fraction of sp³-hybridized carbons (Fsp3) is 0.273. The number of hydrogen-bond donors (Lipinski definition) is 2. The quantitative estimate of drug-likeness (QED) is 0.433. The van der Waals surface area contributed by atoms with Crippen molar-refractivity contribution in [3.8, 4) is 5.75 Å². The SMILES string of the molecule is Cc1ccc2nc(COc3cccc(C(=O)NCc4n[nH]c(=S)n4C4CC4)c3)cn2c1. The number of nitrogens with one attached hydrogen (secondary N) is 2. The van der Waals surface area contributed by atoms with Crippen molar-refractivity contribution in [3.05, 3.63) is 76.2 Å². The number of aryl methyl sites for hydroxylation is 1. The Morgan fingerprint density at radius 2 is 2.16 bits per heavy atom. The molecule has 1 aliphatic rings. The van der Waals surface area contributed by atoms with E-state index in [0.29, 0.717) is 35.3 Å². The molecular weight excluding hydrogens is 412 g/mol. The number of aromatic amines is 1. The number of rotatable bonds is 7. The molecule has 0 saturated heterocycles. The van der Waals surface area contributed by atoms with Crippen LogP contribution in [-0.4, -0.2) is 30.1 Å². The largest absolute Gasteiger partial charge is 0.487 e. The molecule has 31 heavy (non-hydrogen) atoms. The second kappa shape index (κ2) is 7.99. The lowest BCUT2D eigenvalue weighted by Gasteiger charge is -2.09. The molecule has 1 aliphatic carbocycles. The third-order valence-electron chi connectivity index (χ3n) is 5.23. The molecule has 0 unspecified atom stereocenters. The lowest BCUT2D eigenvalue weighted by molar-refractivity contribution is 0.0949. The average molecular weight is 435 g/mol. The van der Waals surface area contributed by atoms with E-state index in [2.05, 4.69) is 20.5 Å². The monoisotopic (exact) mass is 434 g/mol. The van der Waals surface area contributed by atoms with E-state index in [0.717, 1.165) is 35.6 Å². The number of benzene rings is 1. The van der Waals surface area contributed by atoms with E-state index in [1.165, 1.54) is 0 Å². The molecule has 158 valence electrons. The molecule has 8 nitrogen and oxygen atoms in total. The first-order valence-corrected chi connectivity index (χ1v) is 10.6. The maximum absolute atomic E-state index is 12.6. The van der Waals surface area contributed by atoms with Gasteiger partial charge in [0, 0.05) is 24.0 Å². The van der Waals surface area contributed by atoms with Gasteiger partial charge in [-0.15, -0.1) is 0 Å². The van der Waals surface area contributed by atoms with Crippen molar-refractivity contribution >= 4 is 23.8 Å². The van der Waals surface area contributed by atoms with Gasteiger partial charge in [0.15, 0.2) is 10.6 Å². The molecule has 0 radical (unpaired) electrons. The van der Waals surface area contributed by atoms with Gasteiger partial charge in [0.2, 0.25) is 0 Å². The zero-order valence-electron chi connectivity index (χ0n) is 17.0. The van der Waals surface area contributed by atoms with E-state index in [1.807, 2.05) is 46.5 Å². The van der Waals surface area contributed by atoms with Gasteiger partial charge in [-0.3, -0.25) is 14.5 Å². The van der Waals surface area contributed by atoms with Crippen LogP contribution in [0.3, 0.4) is 0 Å². The van der Waals surface area contributed by atoms with Crippen molar-refractivity contribution in [2.24, 2.45) is 0 Å². The van der Waals surface area contributed by atoms with Crippen LogP contribution in [0, 0.1) is 11.7 Å². The summed E-state index contributed by atoms with van der Waals surface area (Å²) in [7, 11) is 0. The zero-order valence-corrected chi connectivity index (χ0v) is 17.9. The minimum Gasteiger partial charge on any atom is -0.487 e. The molecule has 0 atom stereocenters. The van der Waals surface area contributed by atoms with E-state index in [9.17, 15) is 4.79 Å². The van der Waals surface area contributed by atoms with Crippen LogP contribution in [0.4, 0.5) is 0 Å². The van der Waals surface area contributed by atoms with Gasteiger partial charge in [-0.05, 0) is 61.8 Å². The van der Waals surface area contributed by atoms with Crippen LogP contribution in [0.25, 0.3) is 5.65 Å². The molecule has 0 bridgehead atoms. The van der Waals surface area contributed by atoms with Crippen LogP contribution < -0.4 is 10.1 Å². The van der Waals surface area contributed by atoms with Gasteiger partial charge >= 0.3 is 0 Å². The highest BCUT2D eigenvalue weighted by molar-refractivity contribution is 7.71. The Morgan fingerprint density at radius 3 is 3.00 bits per heavy atom. The Morgan fingerprint density at radius 1 is 1.29 bits per heavy atom. The normalized spacial score (nSPS) is 13.5. The minimum absolute atomic E-state index is 0.190. The Balaban J connectivity index is 1.23. The first kappa shape index (κ1) is 19.5. The first-order valence-electron chi connectivity index (χ1n) is 10.2. The summed E-state index contributed by atoms with van der Waals surface area (Å²) in [5.41, 5.74) is 3.39. The number of ether oxygens (including phenoxy) is 1. The molecule has 3 heterocycles. The molecule has 1 fully saturated rings. The Kier molecular flexibility index (Phi) is 5.03. The van der Waals surface area contributed by atoms with Crippen molar-refractivity contribution in [2.45, 2.75) is 39.0 Å². The second-order valence-electron chi connectivity index (χ2n) is 7.75. The summed E-state index contributed by atoms with van der Waals surface area (Å²) < 4.78 is 10.5. The summed E-state index contributed by atoms with van der Waals surface area (Å²) in [6.45, 7) is 2.68. The third-order valence-corrected chi connectivity index (χ3v) is 5.52. The average Bonchev–Trinajstić information content (AvgIpc) is 3.42. The number of carbonyl (C=O) groups is 1. The Hall–Kier alpha value is -3.46. The topological polar surface area (TPSA) is 89.2 Å². The zero-order chi connectivity index (χ0) is 21.4.